The first-order valence-corrected chi connectivity index (χ1v) is 19.7. The summed E-state index contributed by atoms with van der Waals surface area (Å²) in [7, 11) is 3.32. The number of benzene rings is 4. The highest BCUT2D eigenvalue weighted by atomic mass is 16.6. The van der Waals surface area contributed by atoms with Crippen molar-refractivity contribution in [1.29, 1.82) is 0 Å². The van der Waals surface area contributed by atoms with Crippen LogP contribution in [0.5, 0.6) is 23.0 Å². The monoisotopic (exact) mass is 750 g/mol. The van der Waals surface area contributed by atoms with E-state index in [0.717, 1.165) is 116 Å². The van der Waals surface area contributed by atoms with Crippen LogP contribution in [0.1, 0.15) is 77.0 Å². The molecule has 0 N–H and O–H groups in total. The van der Waals surface area contributed by atoms with Crippen molar-refractivity contribution < 1.29 is 38.0 Å². The molecule has 0 spiro atoms. The van der Waals surface area contributed by atoms with Crippen LogP contribution in [0, 0.1) is 5.92 Å². The van der Waals surface area contributed by atoms with E-state index in [1.807, 2.05) is 78.9 Å². The van der Waals surface area contributed by atoms with Crippen LogP contribution in [-0.4, -0.2) is 52.6 Å². The van der Waals surface area contributed by atoms with Gasteiger partial charge in [0.15, 0.2) is 5.92 Å². The van der Waals surface area contributed by atoms with E-state index in [1.165, 1.54) is 0 Å². The van der Waals surface area contributed by atoms with Gasteiger partial charge in [-0.3, -0.25) is 9.59 Å². The molecule has 0 saturated heterocycles. The summed E-state index contributed by atoms with van der Waals surface area (Å²) in [5.41, 5.74) is 4.49. The third-order valence-corrected chi connectivity index (χ3v) is 9.38. The Kier molecular flexibility index (Phi) is 19.3. The minimum Gasteiger partial charge on any atom is -0.497 e. The van der Waals surface area contributed by atoms with Crippen LogP contribution in [0.3, 0.4) is 0 Å². The average Bonchev–Trinajstić information content (AvgIpc) is 3.23. The fourth-order valence-corrected chi connectivity index (χ4v) is 6.07. The zero-order valence-electron chi connectivity index (χ0n) is 32.7. The van der Waals surface area contributed by atoms with E-state index in [2.05, 4.69) is 30.8 Å². The highest BCUT2D eigenvalue weighted by Gasteiger charge is 2.29. The van der Waals surface area contributed by atoms with Gasteiger partial charge in [0.1, 0.15) is 23.0 Å². The lowest BCUT2D eigenvalue weighted by atomic mass is 10.0. The van der Waals surface area contributed by atoms with Crippen LogP contribution in [0.15, 0.2) is 110 Å². The van der Waals surface area contributed by atoms with Crippen LogP contribution in [0.2, 0.25) is 0 Å². The second-order valence-corrected chi connectivity index (χ2v) is 13.5. The van der Waals surface area contributed by atoms with Gasteiger partial charge in [0, 0.05) is 0 Å². The maximum atomic E-state index is 12.9. The normalized spacial score (nSPS) is 10.8. The molecular formula is C47H58O8. The van der Waals surface area contributed by atoms with Crippen molar-refractivity contribution in [2.45, 2.75) is 77.0 Å². The number of unbranched alkanes of at least 4 members (excludes halogenated alkanes) is 8. The van der Waals surface area contributed by atoms with Crippen LogP contribution in [-0.2, 0) is 19.1 Å². The SMILES string of the molecule is C=CCCCCC(C(=O)OCCCCCCOc1ccc(-c2ccc(OC)cc2)cc1)C(=O)OCCCCCCOc1ccc(-c2ccc(OC)cc2)cc1. The predicted octanol–water partition coefficient (Wildman–Crippen LogP) is 11.1. The first-order valence-electron chi connectivity index (χ1n) is 19.7. The Morgan fingerprint density at radius 2 is 0.818 bits per heavy atom. The van der Waals surface area contributed by atoms with Crippen molar-refractivity contribution >= 4 is 11.9 Å². The Bertz CT molecular complexity index is 1550. The van der Waals surface area contributed by atoms with Gasteiger partial charge in [0.25, 0.3) is 0 Å². The molecule has 8 nitrogen and oxygen atoms in total. The highest BCUT2D eigenvalue weighted by Crippen LogP contribution is 2.26. The smallest absolute Gasteiger partial charge is 0.320 e. The summed E-state index contributed by atoms with van der Waals surface area (Å²) in [5, 5.41) is 0. The van der Waals surface area contributed by atoms with Crippen molar-refractivity contribution in [1.82, 2.24) is 0 Å². The molecule has 55 heavy (non-hydrogen) atoms. The van der Waals surface area contributed by atoms with Gasteiger partial charge >= 0.3 is 11.9 Å². The van der Waals surface area contributed by atoms with Gasteiger partial charge in [-0.05, 0) is 141 Å². The molecule has 4 aromatic carbocycles. The van der Waals surface area contributed by atoms with Crippen molar-refractivity contribution in [2.75, 3.05) is 40.6 Å². The van der Waals surface area contributed by atoms with E-state index in [4.69, 9.17) is 28.4 Å². The molecule has 0 saturated carbocycles. The third-order valence-electron chi connectivity index (χ3n) is 9.38. The summed E-state index contributed by atoms with van der Waals surface area (Å²) in [5.74, 6) is 1.49. The highest BCUT2D eigenvalue weighted by molar-refractivity contribution is 5.94. The molecule has 0 aromatic heterocycles. The fraction of sp³-hybridized carbons (Fsp3) is 0.404. The largest absolute Gasteiger partial charge is 0.497 e. The van der Waals surface area contributed by atoms with E-state index < -0.39 is 17.9 Å². The topological polar surface area (TPSA) is 89.5 Å². The van der Waals surface area contributed by atoms with Crippen molar-refractivity contribution in [2.24, 2.45) is 5.92 Å². The molecule has 0 aliphatic carbocycles. The van der Waals surface area contributed by atoms with Gasteiger partial charge < -0.3 is 28.4 Å². The van der Waals surface area contributed by atoms with E-state index in [1.54, 1.807) is 14.2 Å². The average molecular weight is 751 g/mol. The number of methoxy groups -OCH3 is 2. The Morgan fingerprint density at radius 1 is 0.473 bits per heavy atom. The number of allylic oxidation sites excluding steroid dienone is 1. The van der Waals surface area contributed by atoms with E-state index >= 15 is 0 Å². The molecule has 294 valence electrons. The second kappa shape index (κ2) is 25.0. The molecule has 0 aliphatic heterocycles. The molecular weight excluding hydrogens is 693 g/mol. The molecule has 4 aromatic rings. The standard InChI is InChI=1S/C47H58O8/c1-4-5-6-11-16-45(46(48)54-35-14-9-7-12-33-52-43-29-21-39(22-30-43)37-17-25-41(50-2)26-18-37)47(49)55-36-15-10-8-13-34-53-44-31-23-40(24-32-44)38-19-27-42(51-3)28-20-38/h4,17-32,45H,1,5-16,33-36H2,2-3H3. The summed E-state index contributed by atoms with van der Waals surface area (Å²) in [6, 6.07) is 32.1. The summed E-state index contributed by atoms with van der Waals surface area (Å²) in [6.07, 6.45) is 11.7. The van der Waals surface area contributed by atoms with Crippen LogP contribution < -0.4 is 18.9 Å². The Hall–Kier alpha value is -5.24. The second-order valence-electron chi connectivity index (χ2n) is 13.5. The minimum atomic E-state index is -0.890. The quantitative estimate of drug-likeness (QED) is 0.0258. The van der Waals surface area contributed by atoms with Crippen LogP contribution >= 0.6 is 0 Å². The molecule has 0 heterocycles. The first kappa shape index (κ1) is 42.5. The Balaban J connectivity index is 1.04. The van der Waals surface area contributed by atoms with Gasteiger partial charge in [-0.2, -0.15) is 0 Å². The molecule has 0 bridgehead atoms. The molecule has 0 atom stereocenters. The van der Waals surface area contributed by atoms with E-state index in [9.17, 15) is 9.59 Å². The lowest BCUT2D eigenvalue weighted by Crippen LogP contribution is -2.28. The Morgan fingerprint density at radius 3 is 1.16 bits per heavy atom. The number of ether oxygens (including phenoxy) is 6. The Labute approximate surface area is 327 Å². The maximum absolute atomic E-state index is 12.9. The summed E-state index contributed by atoms with van der Waals surface area (Å²) < 4.78 is 33.4. The zero-order chi connectivity index (χ0) is 38.9. The molecule has 0 amide bonds. The van der Waals surface area contributed by atoms with Gasteiger partial charge in [-0.25, -0.2) is 0 Å². The van der Waals surface area contributed by atoms with Gasteiger partial charge in [-0.15, -0.1) is 6.58 Å². The number of esters is 2. The fourth-order valence-electron chi connectivity index (χ4n) is 6.07. The number of carbonyl (C=O) groups is 2. The summed E-state index contributed by atoms with van der Waals surface area (Å²) in [4.78, 5) is 25.9. The summed E-state index contributed by atoms with van der Waals surface area (Å²) in [6.45, 7) is 5.58. The molecule has 0 radical (unpaired) electrons. The minimum absolute atomic E-state index is 0.290. The number of carbonyl (C=O) groups excluding carboxylic acids is 2. The molecule has 0 unspecified atom stereocenters. The van der Waals surface area contributed by atoms with Gasteiger partial charge in [-0.1, -0.05) is 61.0 Å². The van der Waals surface area contributed by atoms with Gasteiger partial charge in [0.2, 0.25) is 0 Å². The molecule has 4 rings (SSSR count). The van der Waals surface area contributed by atoms with E-state index in [0.29, 0.717) is 19.6 Å². The van der Waals surface area contributed by atoms with Crippen molar-refractivity contribution in [3.63, 3.8) is 0 Å². The lowest BCUT2D eigenvalue weighted by Gasteiger charge is -2.15. The number of hydrogen-bond acceptors (Lipinski definition) is 8. The molecule has 0 aliphatic rings. The van der Waals surface area contributed by atoms with Crippen LogP contribution in [0.25, 0.3) is 22.3 Å². The zero-order valence-corrected chi connectivity index (χ0v) is 32.7. The molecule has 8 heteroatoms. The lowest BCUT2D eigenvalue weighted by molar-refractivity contribution is -0.162. The van der Waals surface area contributed by atoms with E-state index in [-0.39, 0.29) is 13.2 Å². The molecule has 0 fully saturated rings. The first-order chi connectivity index (χ1) is 27.0. The predicted molar refractivity (Wildman–Crippen MR) is 219 cm³/mol. The van der Waals surface area contributed by atoms with Crippen molar-refractivity contribution in [3.05, 3.63) is 110 Å². The van der Waals surface area contributed by atoms with Crippen LogP contribution in [0.4, 0.5) is 0 Å². The maximum Gasteiger partial charge on any atom is 0.320 e. The van der Waals surface area contributed by atoms with Crippen molar-refractivity contribution in [3.8, 4) is 45.3 Å². The summed E-state index contributed by atoms with van der Waals surface area (Å²) >= 11 is 0. The number of rotatable bonds is 27. The van der Waals surface area contributed by atoms with Gasteiger partial charge in [0.05, 0.1) is 40.6 Å². The number of hydrogen-bond donors (Lipinski definition) is 0. The third kappa shape index (κ3) is 15.6.